The van der Waals surface area contributed by atoms with Crippen LogP contribution < -0.4 is 10.1 Å². The minimum atomic E-state index is -0.207. The van der Waals surface area contributed by atoms with Crippen LogP contribution >= 0.6 is 0 Å². The third-order valence-corrected chi connectivity index (χ3v) is 4.28. The molecule has 2 amide bonds. The highest BCUT2D eigenvalue weighted by Crippen LogP contribution is 2.20. The minimum absolute atomic E-state index is 0.0383. The number of aryl methyl sites for hydroxylation is 2. The fourth-order valence-electron chi connectivity index (χ4n) is 2.45. The van der Waals surface area contributed by atoms with E-state index in [1.165, 1.54) is 0 Å². The van der Waals surface area contributed by atoms with Crippen LogP contribution in [0.4, 0.5) is 5.69 Å². The van der Waals surface area contributed by atoms with Gasteiger partial charge in [-0.05, 0) is 55.2 Å². The number of rotatable bonds is 7. The van der Waals surface area contributed by atoms with Gasteiger partial charge >= 0.3 is 0 Å². The minimum Gasteiger partial charge on any atom is -0.483 e. The van der Waals surface area contributed by atoms with Gasteiger partial charge in [0.15, 0.2) is 6.61 Å². The number of carbonyl (C=O) groups excluding carboxylic acids is 2. The molecule has 26 heavy (non-hydrogen) atoms. The number of anilines is 1. The molecular weight excluding hydrogens is 328 g/mol. The first-order valence-electron chi connectivity index (χ1n) is 8.65. The van der Waals surface area contributed by atoms with Crippen molar-refractivity contribution in [3.63, 3.8) is 0 Å². The zero-order valence-corrected chi connectivity index (χ0v) is 15.8. The normalized spacial score (nSPS) is 10.3. The van der Waals surface area contributed by atoms with Gasteiger partial charge in [0, 0.05) is 26.2 Å². The number of nitrogens with one attached hydrogen (secondary N) is 1. The van der Waals surface area contributed by atoms with Crippen LogP contribution in [0.2, 0.25) is 0 Å². The molecule has 0 spiro atoms. The van der Waals surface area contributed by atoms with Crippen LogP contribution in [0.15, 0.2) is 42.5 Å². The molecule has 5 nitrogen and oxygen atoms in total. The molecule has 0 atom stereocenters. The van der Waals surface area contributed by atoms with Gasteiger partial charge in [-0.15, -0.1) is 0 Å². The molecule has 0 saturated heterocycles. The summed E-state index contributed by atoms with van der Waals surface area (Å²) in [5, 5.41) is 2.82. The Morgan fingerprint density at radius 3 is 2.38 bits per heavy atom. The Morgan fingerprint density at radius 1 is 1.04 bits per heavy atom. The molecule has 0 bridgehead atoms. The molecule has 2 aromatic carbocycles. The maximum absolute atomic E-state index is 12.1. The summed E-state index contributed by atoms with van der Waals surface area (Å²) in [4.78, 5) is 25.3. The van der Waals surface area contributed by atoms with E-state index in [4.69, 9.17) is 4.74 Å². The molecular formula is C21H26N2O3. The second-order valence-electron chi connectivity index (χ2n) is 6.52. The Kier molecular flexibility index (Phi) is 6.78. The number of nitrogens with zero attached hydrogens (tertiary/aromatic N) is 1. The van der Waals surface area contributed by atoms with Crippen LogP contribution in [-0.2, 0) is 16.0 Å². The van der Waals surface area contributed by atoms with Gasteiger partial charge < -0.3 is 15.0 Å². The molecule has 0 aliphatic rings. The molecule has 0 unspecified atom stereocenters. The fraction of sp³-hybridized carbons (Fsp3) is 0.333. The molecule has 138 valence electrons. The highest BCUT2D eigenvalue weighted by molar-refractivity contribution is 5.91. The van der Waals surface area contributed by atoms with Crippen LogP contribution in [0.25, 0.3) is 0 Å². The smallest absolute Gasteiger partial charge is 0.262 e. The highest BCUT2D eigenvalue weighted by atomic mass is 16.5. The zero-order chi connectivity index (χ0) is 19.1. The molecule has 1 N–H and O–H groups in total. The van der Waals surface area contributed by atoms with Crippen LogP contribution in [0, 0.1) is 13.8 Å². The van der Waals surface area contributed by atoms with Gasteiger partial charge in [0.2, 0.25) is 5.91 Å². The van der Waals surface area contributed by atoms with E-state index in [-0.39, 0.29) is 18.4 Å². The standard InChI is InChI=1S/C21H26N2O3/c1-15-6-5-7-19(16(15)2)26-14-20(24)22-18-11-8-17(9-12-18)10-13-21(25)23(3)4/h5-9,11-12H,10,13-14H2,1-4H3,(H,22,24). The largest absolute Gasteiger partial charge is 0.483 e. The molecule has 0 aromatic heterocycles. The molecule has 5 heteroatoms. The summed E-state index contributed by atoms with van der Waals surface area (Å²) in [7, 11) is 3.50. The number of benzene rings is 2. The summed E-state index contributed by atoms with van der Waals surface area (Å²) in [6.45, 7) is 3.95. The SMILES string of the molecule is Cc1cccc(OCC(=O)Nc2ccc(CCC(=O)N(C)C)cc2)c1C. The second kappa shape index (κ2) is 9.04. The lowest BCUT2D eigenvalue weighted by Crippen LogP contribution is -2.21. The summed E-state index contributed by atoms with van der Waals surface area (Å²) in [6, 6.07) is 13.3. The highest BCUT2D eigenvalue weighted by Gasteiger charge is 2.08. The van der Waals surface area contributed by atoms with Gasteiger partial charge in [-0.1, -0.05) is 24.3 Å². The first kappa shape index (κ1) is 19.5. The molecule has 0 fully saturated rings. The van der Waals surface area contributed by atoms with Crippen molar-refractivity contribution in [2.24, 2.45) is 0 Å². The average molecular weight is 354 g/mol. The first-order chi connectivity index (χ1) is 12.4. The number of hydrogen-bond acceptors (Lipinski definition) is 3. The topological polar surface area (TPSA) is 58.6 Å². The molecule has 0 aliphatic heterocycles. The maximum Gasteiger partial charge on any atom is 0.262 e. The second-order valence-corrected chi connectivity index (χ2v) is 6.52. The van der Waals surface area contributed by atoms with Crippen molar-refractivity contribution >= 4 is 17.5 Å². The molecule has 0 saturated carbocycles. The number of ether oxygens (including phenoxy) is 1. The van der Waals surface area contributed by atoms with Crippen LogP contribution in [0.5, 0.6) is 5.75 Å². The lowest BCUT2D eigenvalue weighted by Gasteiger charge is -2.12. The third-order valence-electron chi connectivity index (χ3n) is 4.28. The lowest BCUT2D eigenvalue weighted by molar-refractivity contribution is -0.128. The van der Waals surface area contributed by atoms with Crippen molar-refractivity contribution in [1.29, 1.82) is 0 Å². The van der Waals surface area contributed by atoms with Gasteiger partial charge in [0.1, 0.15) is 5.75 Å². The molecule has 2 aromatic rings. The van der Waals surface area contributed by atoms with Crippen LogP contribution in [-0.4, -0.2) is 37.4 Å². The Morgan fingerprint density at radius 2 is 1.73 bits per heavy atom. The van der Waals surface area contributed by atoms with Crippen LogP contribution in [0.3, 0.4) is 0 Å². The molecule has 0 radical (unpaired) electrons. The van der Waals surface area contributed by atoms with E-state index in [2.05, 4.69) is 5.32 Å². The Labute approximate surface area is 155 Å². The van der Waals surface area contributed by atoms with Crippen LogP contribution in [0.1, 0.15) is 23.1 Å². The Bertz CT molecular complexity index is 767. The van der Waals surface area contributed by atoms with E-state index in [1.807, 2.05) is 56.3 Å². The van der Waals surface area contributed by atoms with Crippen molar-refractivity contribution in [2.45, 2.75) is 26.7 Å². The lowest BCUT2D eigenvalue weighted by atomic mass is 10.1. The van der Waals surface area contributed by atoms with E-state index in [0.29, 0.717) is 18.5 Å². The van der Waals surface area contributed by atoms with E-state index < -0.39 is 0 Å². The van der Waals surface area contributed by atoms with E-state index in [1.54, 1.807) is 19.0 Å². The van der Waals surface area contributed by atoms with Gasteiger partial charge in [-0.25, -0.2) is 0 Å². The predicted molar refractivity (Wildman–Crippen MR) is 103 cm³/mol. The summed E-state index contributed by atoms with van der Waals surface area (Å²) in [6.07, 6.45) is 1.16. The van der Waals surface area contributed by atoms with Crippen molar-refractivity contribution in [3.8, 4) is 5.75 Å². The molecule has 2 rings (SSSR count). The third kappa shape index (κ3) is 5.62. The van der Waals surface area contributed by atoms with Crippen molar-refractivity contribution in [3.05, 3.63) is 59.2 Å². The monoisotopic (exact) mass is 354 g/mol. The summed E-state index contributed by atoms with van der Waals surface area (Å²) < 4.78 is 5.61. The van der Waals surface area contributed by atoms with E-state index in [0.717, 1.165) is 22.4 Å². The predicted octanol–water partition coefficient (Wildman–Crippen LogP) is 3.34. The Balaban J connectivity index is 1.83. The first-order valence-corrected chi connectivity index (χ1v) is 8.65. The summed E-state index contributed by atoms with van der Waals surface area (Å²) >= 11 is 0. The fourth-order valence-corrected chi connectivity index (χ4v) is 2.45. The molecule has 0 heterocycles. The van der Waals surface area contributed by atoms with Gasteiger partial charge in [0.05, 0.1) is 0 Å². The van der Waals surface area contributed by atoms with Gasteiger partial charge in [-0.3, -0.25) is 9.59 Å². The number of carbonyl (C=O) groups is 2. The quantitative estimate of drug-likeness (QED) is 0.830. The summed E-state index contributed by atoms with van der Waals surface area (Å²) in [5.41, 5.74) is 3.94. The zero-order valence-electron chi connectivity index (χ0n) is 15.8. The Hall–Kier alpha value is -2.82. The average Bonchev–Trinajstić information content (AvgIpc) is 2.62. The summed E-state index contributed by atoms with van der Waals surface area (Å²) in [5.74, 6) is 0.619. The van der Waals surface area contributed by atoms with Crippen molar-refractivity contribution in [2.75, 3.05) is 26.0 Å². The molecule has 0 aliphatic carbocycles. The maximum atomic E-state index is 12.1. The van der Waals surface area contributed by atoms with E-state index >= 15 is 0 Å². The van der Waals surface area contributed by atoms with Gasteiger partial charge in [-0.2, -0.15) is 0 Å². The van der Waals surface area contributed by atoms with Crippen molar-refractivity contribution < 1.29 is 14.3 Å². The van der Waals surface area contributed by atoms with E-state index in [9.17, 15) is 9.59 Å². The number of amides is 2. The van der Waals surface area contributed by atoms with Crippen molar-refractivity contribution in [1.82, 2.24) is 4.90 Å². The van der Waals surface area contributed by atoms with Gasteiger partial charge in [0.25, 0.3) is 5.91 Å². The number of hydrogen-bond donors (Lipinski definition) is 1.